The first-order valence-electron chi connectivity index (χ1n) is 2.17. The van der Waals surface area contributed by atoms with E-state index in [9.17, 15) is 4.79 Å². The third kappa shape index (κ3) is 1.07. The Kier molecular flexibility index (Phi) is 1.64. The second-order valence-electron chi connectivity index (χ2n) is 1.24. The highest BCUT2D eigenvalue weighted by Crippen LogP contribution is 2.12. The van der Waals surface area contributed by atoms with E-state index in [-0.39, 0.29) is 0 Å². The van der Waals surface area contributed by atoms with Crippen LogP contribution in [0.4, 0.5) is 5.00 Å². The Morgan fingerprint density at radius 2 is 2.62 bits per heavy atom. The molecule has 1 aromatic rings. The van der Waals surface area contributed by atoms with Crippen LogP contribution in [0.2, 0.25) is 0 Å². The normalized spacial score (nSPS) is 8.50. The zero-order valence-electron chi connectivity index (χ0n) is 4.13. The summed E-state index contributed by atoms with van der Waals surface area (Å²) in [6.07, 6.45) is 0.672. The highest BCUT2D eigenvalue weighted by molar-refractivity contribution is 7.14. The molecule has 0 aliphatic rings. The lowest BCUT2D eigenvalue weighted by Crippen LogP contribution is -1.88. The predicted octanol–water partition coefficient (Wildman–Crippen LogP) is 1.32. The van der Waals surface area contributed by atoms with Gasteiger partial charge in [0, 0.05) is 0 Å². The zero-order chi connectivity index (χ0) is 5.82. The van der Waals surface area contributed by atoms with Crippen molar-refractivity contribution in [3.8, 4) is 0 Å². The van der Waals surface area contributed by atoms with Crippen molar-refractivity contribution in [1.29, 1.82) is 0 Å². The molecule has 3 heteroatoms. The van der Waals surface area contributed by atoms with E-state index in [1.807, 2.05) is 17.5 Å². The minimum atomic E-state index is 0.672. The van der Waals surface area contributed by atoms with E-state index in [0.29, 0.717) is 6.41 Å². The largest absolute Gasteiger partial charge is 0.320 e. The quantitative estimate of drug-likeness (QED) is 0.596. The van der Waals surface area contributed by atoms with Crippen LogP contribution in [0.5, 0.6) is 0 Å². The maximum atomic E-state index is 9.77. The number of anilines is 1. The van der Waals surface area contributed by atoms with Crippen LogP contribution in [0.1, 0.15) is 0 Å². The van der Waals surface area contributed by atoms with Crippen molar-refractivity contribution >= 4 is 22.7 Å². The van der Waals surface area contributed by atoms with E-state index in [1.54, 1.807) is 0 Å². The van der Waals surface area contributed by atoms with Crippen molar-refractivity contribution < 1.29 is 4.79 Å². The topological polar surface area (TPSA) is 29.1 Å². The molecule has 8 heavy (non-hydrogen) atoms. The van der Waals surface area contributed by atoms with E-state index >= 15 is 0 Å². The number of thiophene rings is 1. The van der Waals surface area contributed by atoms with Gasteiger partial charge in [0.25, 0.3) is 0 Å². The SMILES string of the molecule is O=CNc1cccs1. The molecule has 0 saturated carbocycles. The van der Waals surface area contributed by atoms with Crippen molar-refractivity contribution in [2.24, 2.45) is 0 Å². The van der Waals surface area contributed by atoms with Gasteiger partial charge in [-0.25, -0.2) is 0 Å². The summed E-state index contributed by atoms with van der Waals surface area (Å²) in [6.45, 7) is 0. The zero-order valence-corrected chi connectivity index (χ0v) is 4.94. The lowest BCUT2D eigenvalue weighted by Gasteiger charge is -1.84. The molecule has 0 bridgehead atoms. The van der Waals surface area contributed by atoms with E-state index in [2.05, 4.69) is 5.32 Å². The Hall–Kier alpha value is -0.830. The average molecular weight is 127 g/mol. The number of hydrogen-bond donors (Lipinski definition) is 1. The second-order valence-corrected chi connectivity index (χ2v) is 2.19. The van der Waals surface area contributed by atoms with E-state index in [1.165, 1.54) is 11.3 Å². The molecular weight excluding hydrogens is 122 g/mol. The first kappa shape index (κ1) is 5.31. The van der Waals surface area contributed by atoms with Gasteiger partial charge < -0.3 is 5.32 Å². The molecule has 2 nitrogen and oxygen atoms in total. The predicted molar refractivity (Wildman–Crippen MR) is 34.0 cm³/mol. The van der Waals surface area contributed by atoms with Gasteiger partial charge in [-0.2, -0.15) is 0 Å². The standard InChI is InChI=1S/C5H5NOS/c7-4-6-5-2-1-3-8-5/h1-4H,(H,6,7). The van der Waals surface area contributed by atoms with Crippen LogP contribution in [0.25, 0.3) is 0 Å². The summed E-state index contributed by atoms with van der Waals surface area (Å²) < 4.78 is 0. The number of amides is 1. The molecule has 1 amide bonds. The smallest absolute Gasteiger partial charge is 0.212 e. The fourth-order valence-electron chi connectivity index (χ4n) is 0.419. The molecule has 0 atom stereocenters. The van der Waals surface area contributed by atoms with Crippen LogP contribution in [-0.4, -0.2) is 6.41 Å². The number of rotatable bonds is 2. The molecule has 0 unspecified atom stereocenters. The first-order chi connectivity index (χ1) is 3.93. The maximum absolute atomic E-state index is 9.77. The minimum absolute atomic E-state index is 0.672. The van der Waals surface area contributed by atoms with Gasteiger partial charge in [0.2, 0.25) is 6.41 Å². The van der Waals surface area contributed by atoms with Crippen LogP contribution in [0.3, 0.4) is 0 Å². The molecule has 1 aromatic heterocycles. The van der Waals surface area contributed by atoms with Crippen LogP contribution in [0, 0.1) is 0 Å². The Balaban J connectivity index is 2.62. The van der Waals surface area contributed by atoms with Crippen molar-refractivity contribution in [2.75, 3.05) is 5.32 Å². The molecular formula is C5H5NOS. The lowest BCUT2D eigenvalue weighted by molar-refractivity contribution is -0.105. The molecule has 0 radical (unpaired) electrons. The van der Waals surface area contributed by atoms with Gasteiger partial charge in [0.05, 0.1) is 5.00 Å². The summed E-state index contributed by atoms with van der Waals surface area (Å²) in [4.78, 5) is 9.77. The highest BCUT2D eigenvalue weighted by Gasteiger charge is 1.84. The van der Waals surface area contributed by atoms with Gasteiger partial charge in [-0.05, 0) is 17.5 Å². The van der Waals surface area contributed by atoms with Gasteiger partial charge in [-0.15, -0.1) is 11.3 Å². The minimum Gasteiger partial charge on any atom is -0.320 e. The van der Waals surface area contributed by atoms with Gasteiger partial charge in [-0.3, -0.25) is 4.79 Å². The highest BCUT2D eigenvalue weighted by atomic mass is 32.1. The molecule has 1 N–H and O–H groups in total. The van der Waals surface area contributed by atoms with Crippen molar-refractivity contribution in [1.82, 2.24) is 0 Å². The van der Waals surface area contributed by atoms with Crippen LogP contribution in [-0.2, 0) is 4.79 Å². The summed E-state index contributed by atoms with van der Waals surface area (Å²) in [5.41, 5.74) is 0. The van der Waals surface area contributed by atoms with Crippen molar-refractivity contribution in [2.45, 2.75) is 0 Å². The van der Waals surface area contributed by atoms with Crippen LogP contribution in [0.15, 0.2) is 17.5 Å². The van der Waals surface area contributed by atoms with Crippen molar-refractivity contribution in [3.63, 3.8) is 0 Å². The Morgan fingerprint density at radius 3 is 3.12 bits per heavy atom. The van der Waals surface area contributed by atoms with Crippen molar-refractivity contribution in [3.05, 3.63) is 17.5 Å². The van der Waals surface area contributed by atoms with Gasteiger partial charge >= 0.3 is 0 Å². The Morgan fingerprint density at radius 1 is 1.75 bits per heavy atom. The van der Waals surface area contributed by atoms with E-state index in [4.69, 9.17) is 0 Å². The molecule has 1 heterocycles. The van der Waals surface area contributed by atoms with Gasteiger partial charge in [-0.1, -0.05) is 0 Å². The van der Waals surface area contributed by atoms with E-state index in [0.717, 1.165) is 5.00 Å². The molecule has 1 rings (SSSR count). The molecule has 42 valence electrons. The molecule has 0 aliphatic heterocycles. The molecule has 0 aromatic carbocycles. The summed E-state index contributed by atoms with van der Waals surface area (Å²) in [5, 5.41) is 5.32. The summed E-state index contributed by atoms with van der Waals surface area (Å²) in [7, 11) is 0. The second kappa shape index (κ2) is 2.47. The fraction of sp³-hybridized carbons (Fsp3) is 0. The van der Waals surface area contributed by atoms with Crippen LogP contribution < -0.4 is 5.32 Å². The van der Waals surface area contributed by atoms with Crippen LogP contribution >= 0.6 is 11.3 Å². The average Bonchev–Trinajstić information content (AvgIpc) is 2.19. The number of carbonyl (C=O) groups is 1. The van der Waals surface area contributed by atoms with E-state index < -0.39 is 0 Å². The Bertz CT molecular complexity index is 159. The molecule has 0 aliphatic carbocycles. The monoisotopic (exact) mass is 127 g/mol. The van der Waals surface area contributed by atoms with Gasteiger partial charge in [0.1, 0.15) is 0 Å². The summed E-state index contributed by atoms with van der Waals surface area (Å²) >= 11 is 1.51. The summed E-state index contributed by atoms with van der Waals surface area (Å²) in [5.74, 6) is 0. The third-order valence-corrected chi connectivity index (χ3v) is 1.52. The molecule has 0 saturated heterocycles. The first-order valence-corrected chi connectivity index (χ1v) is 3.05. The third-order valence-electron chi connectivity index (χ3n) is 0.722. The fourth-order valence-corrected chi connectivity index (χ4v) is 0.996. The number of nitrogens with one attached hydrogen (secondary N) is 1. The molecule has 0 fully saturated rings. The number of hydrogen-bond acceptors (Lipinski definition) is 2. The molecule has 0 spiro atoms. The number of carbonyl (C=O) groups excluding carboxylic acids is 1. The summed E-state index contributed by atoms with van der Waals surface area (Å²) in [6, 6.07) is 3.73. The lowest BCUT2D eigenvalue weighted by atomic mass is 10.6. The van der Waals surface area contributed by atoms with Gasteiger partial charge in [0.15, 0.2) is 0 Å². The Labute approximate surface area is 51.1 Å². The maximum Gasteiger partial charge on any atom is 0.212 e.